The Kier molecular flexibility index (Phi) is 3.46. The number of anilines is 1. The third-order valence-electron chi connectivity index (χ3n) is 3.40. The van der Waals surface area contributed by atoms with Gasteiger partial charge >= 0.3 is 0 Å². The first-order valence-electron chi connectivity index (χ1n) is 6.60. The maximum Gasteiger partial charge on any atom is 0.256 e. The molecule has 2 aromatic carbocycles. The predicted molar refractivity (Wildman–Crippen MR) is 83.1 cm³/mol. The van der Waals surface area contributed by atoms with Gasteiger partial charge in [0.1, 0.15) is 5.76 Å². The van der Waals surface area contributed by atoms with Gasteiger partial charge in [0.05, 0.1) is 16.2 Å². The summed E-state index contributed by atoms with van der Waals surface area (Å²) in [6.45, 7) is 0. The van der Waals surface area contributed by atoms with Gasteiger partial charge in [0.2, 0.25) is 0 Å². The van der Waals surface area contributed by atoms with Crippen LogP contribution in [0.5, 0.6) is 0 Å². The molecule has 2 aromatic rings. The van der Waals surface area contributed by atoms with Crippen molar-refractivity contribution in [1.82, 2.24) is 0 Å². The Balaban J connectivity index is 2.02. The Morgan fingerprint density at radius 1 is 1.00 bits per heavy atom. The first-order chi connectivity index (χ1) is 10.5. The molecule has 0 aromatic heterocycles. The quantitative estimate of drug-likeness (QED) is 0.891. The smallest absolute Gasteiger partial charge is 0.256 e. The van der Waals surface area contributed by atoms with Crippen molar-refractivity contribution in [3.63, 3.8) is 0 Å². The Morgan fingerprint density at radius 3 is 2.36 bits per heavy atom. The molecule has 0 radical (unpaired) electrons. The van der Waals surface area contributed by atoms with Crippen LogP contribution in [0.15, 0.2) is 65.1 Å². The molecule has 0 atom stereocenters. The van der Waals surface area contributed by atoms with E-state index in [0.717, 1.165) is 0 Å². The molecule has 112 valence electrons. The van der Waals surface area contributed by atoms with Crippen LogP contribution in [0.25, 0.3) is 5.76 Å². The zero-order valence-electron chi connectivity index (χ0n) is 11.5. The van der Waals surface area contributed by atoms with Gasteiger partial charge in [-0.05, 0) is 24.3 Å². The molecule has 1 aliphatic rings. The highest BCUT2D eigenvalue weighted by Crippen LogP contribution is 2.32. The highest BCUT2D eigenvalue weighted by atomic mass is 32.2. The highest BCUT2D eigenvalue weighted by Gasteiger charge is 2.33. The lowest BCUT2D eigenvalue weighted by Crippen LogP contribution is -2.26. The van der Waals surface area contributed by atoms with Gasteiger partial charge < -0.3 is 10.4 Å². The third-order valence-corrected chi connectivity index (χ3v) is 5.10. The van der Waals surface area contributed by atoms with E-state index in [1.54, 1.807) is 42.5 Å². The number of carbonyl (C=O) groups excluding carboxylic acids is 1. The van der Waals surface area contributed by atoms with Gasteiger partial charge in [-0.1, -0.05) is 30.3 Å². The molecule has 1 amide bonds. The van der Waals surface area contributed by atoms with E-state index in [4.69, 9.17) is 0 Å². The fourth-order valence-electron chi connectivity index (χ4n) is 2.33. The summed E-state index contributed by atoms with van der Waals surface area (Å²) in [4.78, 5) is 12.3. The number of nitrogens with one attached hydrogen (secondary N) is 1. The number of hydrogen-bond acceptors (Lipinski definition) is 4. The lowest BCUT2D eigenvalue weighted by atomic mass is 10.1. The number of sulfone groups is 1. The predicted octanol–water partition coefficient (Wildman–Crippen LogP) is 2.38. The molecule has 3 rings (SSSR count). The molecule has 2 N–H and O–H groups in total. The summed E-state index contributed by atoms with van der Waals surface area (Å²) in [7, 11) is -3.64. The van der Waals surface area contributed by atoms with Crippen molar-refractivity contribution in [3.05, 3.63) is 65.7 Å². The van der Waals surface area contributed by atoms with E-state index in [0.29, 0.717) is 5.69 Å². The summed E-state index contributed by atoms with van der Waals surface area (Å²) >= 11 is 0. The fraction of sp³-hybridized carbons (Fsp3) is 0.0625. The van der Waals surface area contributed by atoms with Crippen LogP contribution in [-0.4, -0.2) is 25.2 Å². The Bertz CT molecular complexity index is 870. The first kappa shape index (κ1) is 14.3. The molecular formula is C16H13NO4S. The Morgan fingerprint density at radius 2 is 1.64 bits per heavy atom. The number of aliphatic hydroxyl groups is 1. The van der Waals surface area contributed by atoms with Crippen LogP contribution in [0.2, 0.25) is 0 Å². The number of para-hydroxylation sites is 1. The molecule has 1 aliphatic heterocycles. The van der Waals surface area contributed by atoms with E-state index in [-0.39, 0.29) is 21.8 Å². The molecule has 1 heterocycles. The molecule has 6 heteroatoms. The van der Waals surface area contributed by atoms with Crippen LogP contribution in [-0.2, 0) is 14.6 Å². The minimum absolute atomic E-state index is 0.0451. The second kappa shape index (κ2) is 5.31. The standard InChI is InChI=1S/C16H13NO4S/c18-15-12-8-4-5-9-14(12)22(20,21)10-13(15)16(19)17-11-6-2-1-3-7-11/h1-9,18H,10H2,(H,17,19). The van der Waals surface area contributed by atoms with E-state index < -0.39 is 21.5 Å². The number of benzene rings is 2. The van der Waals surface area contributed by atoms with Crippen LogP contribution >= 0.6 is 0 Å². The normalized spacial score (nSPS) is 16.0. The highest BCUT2D eigenvalue weighted by molar-refractivity contribution is 7.91. The van der Waals surface area contributed by atoms with Crippen LogP contribution in [0.4, 0.5) is 5.69 Å². The lowest BCUT2D eigenvalue weighted by Gasteiger charge is -2.19. The first-order valence-corrected chi connectivity index (χ1v) is 8.25. The van der Waals surface area contributed by atoms with Crippen molar-refractivity contribution < 1.29 is 18.3 Å². The average molecular weight is 315 g/mol. The molecule has 0 aliphatic carbocycles. The van der Waals surface area contributed by atoms with Gasteiger partial charge in [0.25, 0.3) is 5.91 Å². The maximum absolute atomic E-state index is 12.3. The topological polar surface area (TPSA) is 83.5 Å². The number of rotatable bonds is 2. The van der Waals surface area contributed by atoms with E-state index >= 15 is 0 Å². The zero-order valence-corrected chi connectivity index (χ0v) is 12.3. The molecule has 22 heavy (non-hydrogen) atoms. The van der Waals surface area contributed by atoms with Crippen molar-refractivity contribution in [2.75, 3.05) is 11.1 Å². The molecule has 0 saturated carbocycles. The summed E-state index contributed by atoms with van der Waals surface area (Å²) < 4.78 is 24.5. The molecule has 0 saturated heterocycles. The summed E-state index contributed by atoms with van der Waals surface area (Å²) in [5.74, 6) is -1.44. The van der Waals surface area contributed by atoms with Crippen LogP contribution in [0, 0.1) is 0 Å². The second-order valence-corrected chi connectivity index (χ2v) is 6.86. The molecule has 0 bridgehead atoms. The molecule has 5 nitrogen and oxygen atoms in total. The largest absolute Gasteiger partial charge is 0.507 e. The summed E-state index contributed by atoms with van der Waals surface area (Å²) in [5.41, 5.74) is 0.540. The molecule has 0 fully saturated rings. The summed E-state index contributed by atoms with van der Waals surface area (Å²) in [5, 5.41) is 12.8. The van der Waals surface area contributed by atoms with E-state index in [9.17, 15) is 18.3 Å². The molecular weight excluding hydrogens is 302 g/mol. The van der Waals surface area contributed by atoms with Crippen molar-refractivity contribution in [1.29, 1.82) is 0 Å². The van der Waals surface area contributed by atoms with Gasteiger partial charge in [0.15, 0.2) is 9.84 Å². The number of amides is 1. The van der Waals surface area contributed by atoms with Crippen molar-refractivity contribution in [3.8, 4) is 0 Å². The number of aliphatic hydroxyl groups excluding tert-OH is 1. The van der Waals surface area contributed by atoms with Crippen LogP contribution in [0.3, 0.4) is 0 Å². The third kappa shape index (κ3) is 2.48. The van der Waals surface area contributed by atoms with Crippen molar-refractivity contribution in [2.45, 2.75) is 4.90 Å². The van der Waals surface area contributed by atoms with Crippen LogP contribution in [0.1, 0.15) is 5.56 Å². The monoisotopic (exact) mass is 315 g/mol. The van der Waals surface area contributed by atoms with Gasteiger partial charge in [-0.3, -0.25) is 4.79 Å². The molecule has 0 spiro atoms. The minimum atomic E-state index is -3.64. The minimum Gasteiger partial charge on any atom is -0.507 e. The van der Waals surface area contributed by atoms with Gasteiger partial charge in [-0.2, -0.15) is 0 Å². The fourth-order valence-corrected chi connectivity index (χ4v) is 3.92. The van der Waals surface area contributed by atoms with Gasteiger partial charge in [0, 0.05) is 11.3 Å². The second-order valence-electron chi connectivity index (χ2n) is 4.90. The summed E-state index contributed by atoms with van der Waals surface area (Å²) in [6.07, 6.45) is 0. The maximum atomic E-state index is 12.3. The van der Waals surface area contributed by atoms with Crippen molar-refractivity contribution >= 4 is 27.2 Å². The SMILES string of the molecule is O=C(Nc1ccccc1)C1=C(O)c2ccccc2S(=O)(=O)C1. The number of carbonyl (C=O) groups is 1. The zero-order chi connectivity index (χ0) is 15.7. The van der Waals surface area contributed by atoms with Gasteiger partial charge in [-0.25, -0.2) is 8.42 Å². The van der Waals surface area contributed by atoms with E-state index in [1.165, 1.54) is 12.1 Å². The van der Waals surface area contributed by atoms with E-state index in [1.807, 2.05) is 0 Å². The Labute approximate surface area is 127 Å². The van der Waals surface area contributed by atoms with Crippen molar-refractivity contribution in [2.24, 2.45) is 0 Å². The average Bonchev–Trinajstić information content (AvgIpc) is 2.52. The Hall–Kier alpha value is -2.60. The van der Waals surface area contributed by atoms with Crippen LogP contribution < -0.4 is 5.32 Å². The van der Waals surface area contributed by atoms with Gasteiger partial charge in [-0.15, -0.1) is 0 Å². The number of fused-ring (bicyclic) bond motifs is 1. The summed E-state index contributed by atoms with van der Waals surface area (Å²) in [6, 6.07) is 14.8. The lowest BCUT2D eigenvalue weighted by molar-refractivity contribution is -0.112. The molecule has 0 unspecified atom stereocenters. The number of hydrogen-bond donors (Lipinski definition) is 2. The van der Waals surface area contributed by atoms with E-state index in [2.05, 4.69) is 5.32 Å².